The standard InChI is InChI=1S/C27H18Cl2N2O3/c1-33-26-18(13-20(28)14-22(26)29)8-11-25(32)30-21-9-10-24-23(15-21)31-27(34-24)19-7-6-16-4-2-3-5-17(16)12-19/h2-15H,1H3,(H,30,32)/b11-8+. The summed E-state index contributed by atoms with van der Waals surface area (Å²) < 4.78 is 11.2. The number of rotatable bonds is 5. The SMILES string of the molecule is COc1c(Cl)cc(Cl)cc1/C=C/C(=O)Nc1ccc2oc(-c3ccc4ccccc4c3)nc2c1. The topological polar surface area (TPSA) is 64.4 Å². The molecule has 0 aliphatic rings. The van der Waals surface area contributed by atoms with E-state index in [9.17, 15) is 4.79 Å². The first-order valence-electron chi connectivity index (χ1n) is 10.4. The van der Waals surface area contributed by atoms with Gasteiger partial charge in [0.1, 0.15) is 11.3 Å². The number of fused-ring (bicyclic) bond motifs is 2. The van der Waals surface area contributed by atoms with E-state index in [0.29, 0.717) is 44.0 Å². The average Bonchev–Trinajstić information content (AvgIpc) is 3.25. The van der Waals surface area contributed by atoms with Crippen LogP contribution in [0.1, 0.15) is 5.56 Å². The fraction of sp³-hybridized carbons (Fsp3) is 0.0370. The maximum atomic E-state index is 12.5. The molecule has 0 saturated carbocycles. The van der Waals surface area contributed by atoms with E-state index in [-0.39, 0.29) is 5.91 Å². The summed E-state index contributed by atoms with van der Waals surface area (Å²) in [5.74, 6) is 0.644. The van der Waals surface area contributed by atoms with E-state index in [0.717, 1.165) is 16.3 Å². The van der Waals surface area contributed by atoms with Crippen LogP contribution in [0.2, 0.25) is 10.0 Å². The van der Waals surface area contributed by atoms with Gasteiger partial charge in [0, 0.05) is 27.9 Å². The lowest BCUT2D eigenvalue weighted by molar-refractivity contribution is -0.111. The van der Waals surface area contributed by atoms with Gasteiger partial charge in [0.25, 0.3) is 0 Å². The minimum Gasteiger partial charge on any atom is -0.495 e. The van der Waals surface area contributed by atoms with Crippen LogP contribution in [0.4, 0.5) is 5.69 Å². The number of nitrogens with zero attached hydrogens (tertiary/aromatic N) is 1. The molecule has 1 amide bonds. The fourth-order valence-corrected chi connectivity index (χ4v) is 4.31. The first kappa shape index (κ1) is 22.0. The van der Waals surface area contributed by atoms with Gasteiger partial charge in [-0.1, -0.05) is 53.5 Å². The van der Waals surface area contributed by atoms with Crippen LogP contribution in [0.25, 0.3) is 39.4 Å². The molecule has 0 aliphatic heterocycles. The Bertz CT molecular complexity index is 1570. The molecule has 34 heavy (non-hydrogen) atoms. The van der Waals surface area contributed by atoms with Crippen molar-refractivity contribution in [2.24, 2.45) is 0 Å². The summed E-state index contributed by atoms with van der Waals surface area (Å²) in [6, 6.07) is 22.8. The Labute approximate surface area is 205 Å². The number of oxazole rings is 1. The van der Waals surface area contributed by atoms with Crippen LogP contribution in [0, 0.1) is 0 Å². The number of anilines is 1. The molecule has 0 atom stereocenters. The summed E-state index contributed by atoms with van der Waals surface area (Å²) in [7, 11) is 1.51. The first-order valence-corrected chi connectivity index (χ1v) is 11.2. The molecule has 5 rings (SSSR count). The van der Waals surface area contributed by atoms with E-state index < -0.39 is 0 Å². The molecule has 0 bridgehead atoms. The van der Waals surface area contributed by atoms with Gasteiger partial charge in [0.05, 0.1) is 12.1 Å². The Kier molecular flexibility index (Phi) is 5.97. The van der Waals surface area contributed by atoms with Gasteiger partial charge in [-0.2, -0.15) is 0 Å². The molecule has 0 saturated heterocycles. The van der Waals surface area contributed by atoms with Crippen LogP contribution in [-0.4, -0.2) is 18.0 Å². The third-order valence-corrected chi connectivity index (χ3v) is 5.81. The van der Waals surface area contributed by atoms with E-state index in [1.54, 1.807) is 36.4 Å². The second-order valence-corrected chi connectivity index (χ2v) is 8.44. The second kappa shape index (κ2) is 9.21. The molecule has 0 unspecified atom stereocenters. The first-order chi connectivity index (χ1) is 16.5. The van der Waals surface area contributed by atoms with Gasteiger partial charge in [0.2, 0.25) is 11.8 Å². The molecule has 0 fully saturated rings. The third kappa shape index (κ3) is 4.49. The number of benzene rings is 4. The van der Waals surface area contributed by atoms with Crippen molar-refractivity contribution >= 4 is 62.7 Å². The minimum absolute atomic E-state index is 0.323. The predicted octanol–water partition coefficient (Wildman–Crippen LogP) is 7.62. The molecule has 0 spiro atoms. The summed E-state index contributed by atoms with van der Waals surface area (Å²) in [4.78, 5) is 17.1. The third-order valence-electron chi connectivity index (χ3n) is 5.31. The summed E-state index contributed by atoms with van der Waals surface area (Å²) in [6.07, 6.45) is 2.98. The molecule has 1 aromatic heterocycles. The normalized spacial score (nSPS) is 11.4. The van der Waals surface area contributed by atoms with Gasteiger partial charge in [-0.15, -0.1) is 0 Å². The largest absolute Gasteiger partial charge is 0.495 e. The number of hydrogen-bond acceptors (Lipinski definition) is 4. The predicted molar refractivity (Wildman–Crippen MR) is 138 cm³/mol. The monoisotopic (exact) mass is 488 g/mol. The van der Waals surface area contributed by atoms with Crippen LogP contribution in [0.5, 0.6) is 5.75 Å². The van der Waals surface area contributed by atoms with E-state index in [2.05, 4.69) is 22.4 Å². The number of aromatic nitrogens is 1. The van der Waals surface area contributed by atoms with Crippen LogP contribution in [0.3, 0.4) is 0 Å². The maximum Gasteiger partial charge on any atom is 0.248 e. The van der Waals surface area contributed by atoms with Crippen molar-refractivity contribution in [2.45, 2.75) is 0 Å². The van der Waals surface area contributed by atoms with Gasteiger partial charge in [-0.3, -0.25) is 4.79 Å². The Morgan fingerprint density at radius 2 is 1.82 bits per heavy atom. The quantitative estimate of drug-likeness (QED) is 0.258. The number of ether oxygens (including phenoxy) is 1. The van der Waals surface area contributed by atoms with Gasteiger partial charge in [0.15, 0.2) is 5.58 Å². The van der Waals surface area contributed by atoms with Crippen molar-refractivity contribution in [3.8, 4) is 17.2 Å². The molecule has 0 aliphatic carbocycles. The maximum absolute atomic E-state index is 12.5. The van der Waals surface area contributed by atoms with Crippen molar-refractivity contribution in [3.05, 3.63) is 94.5 Å². The van der Waals surface area contributed by atoms with Crippen LogP contribution >= 0.6 is 23.2 Å². The summed E-state index contributed by atoms with van der Waals surface area (Å²) >= 11 is 12.2. The van der Waals surface area contributed by atoms with Crippen LogP contribution < -0.4 is 10.1 Å². The molecular formula is C27H18Cl2N2O3. The Balaban J connectivity index is 1.36. The van der Waals surface area contributed by atoms with E-state index in [1.807, 2.05) is 30.3 Å². The zero-order chi connectivity index (χ0) is 23.7. The van der Waals surface area contributed by atoms with Crippen molar-refractivity contribution in [1.29, 1.82) is 0 Å². The number of halogens is 2. The Morgan fingerprint density at radius 3 is 2.65 bits per heavy atom. The molecule has 5 nitrogen and oxygen atoms in total. The highest BCUT2D eigenvalue weighted by atomic mass is 35.5. The Morgan fingerprint density at radius 1 is 1.00 bits per heavy atom. The van der Waals surface area contributed by atoms with E-state index >= 15 is 0 Å². The van der Waals surface area contributed by atoms with Crippen molar-refractivity contribution < 1.29 is 13.9 Å². The number of amides is 1. The van der Waals surface area contributed by atoms with Crippen LogP contribution in [0.15, 0.2) is 83.3 Å². The highest BCUT2D eigenvalue weighted by Gasteiger charge is 2.11. The van der Waals surface area contributed by atoms with Gasteiger partial charge in [-0.25, -0.2) is 4.98 Å². The highest BCUT2D eigenvalue weighted by Crippen LogP contribution is 2.33. The summed E-state index contributed by atoms with van der Waals surface area (Å²) in [5, 5.41) is 5.91. The number of hydrogen-bond donors (Lipinski definition) is 1. The van der Waals surface area contributed by atoms with Crippen molar-refractivity contribution in [2.75, 3.05) is 12.4 Å². The smallest absolute Gasteiger partial charge is 0.248 e. The van der Waals surface area contributed by atoms with Crippen molar-refractivity contribution in [1.82, 2.24) is 4.98 Å². The Hall–Kier alpha value is -3.80. The molecule has 4 aromatic carbocycles. The zero-order valence-corrected chi connectivity index (χ0v) is 19.5. The molecule has 7 heteroatoms. The lowest BCUT2D eigenvalue weighted by Crippen LogP contribution is -2.07. The zero-order valence-electron chi connectivity index (χ0n) is 18.0. The molecule has 1 N–H and O–H groups in total. The van der Waals surface area contributed by atoms with Gasteiger partial charge in [-0.05, 0) is 59.3 Å². The number of methoxy groups -OCH3 is 1. The molecule has 168 valence electrons. The van der Waals surface area contributed by atoms with Crippen molar-refractivity contribution in [3.63, 3.8) is 0 Å². The number of carbonyl (C=O) groups is 1. The minimum atomic E-state index is -0.323. The summed E-state index contributed by atoms with van der Waals surface area (Å²) in [6.45, 7) is 0. The number of nitrogens with one attached hydrogen (secondary N) is 1. The number of carbonyl (C=O) groups excluding carboxylic acids is 1. The molecule has 0 radical (unpaired) electrons. The van der Waals surface area contributed by atoms with E-state index in [1.165, 1.54) is 13.2 Å². The molecule has 5 aromatic rings. The van der Waals surface area contributed by atoms with E-state index in [4.69, 9.17) is 32.4 Å². The van der Waals surface area contributed by atoms with Gasteiger partial charge >= 0.3 is 0 Å². The average molecular weight is 489 g/mol. The lowest BCUT2D eigenvalue weighted by Gasteiger charge is -2.08. The highest BCUT2D eigenvalue weighted by molar-refractivity contribution is 6.36. The molecule has 1 heterocycles. The van der Waals surface area contributed by atoms with Gasteiger partial charge < -0.3 is 14.5 Å². The summed E-state index contributed by atoms with van der Waals surface area (Å²) in [5.41, 5.74) is 3.36. The van der Waals surface area contributed by atoms with Crippen LogP contribution in [-0.2, 0) is 4.79 Å². The molecular weight excluding hydrogens is 471 g/mol. The lowest BCUT2D eigenvalue weighted by atomic mass is 10.1. The fourth-order valence-electron chi connectivity index (χ4n) is 3.72. The second-order valence-electron chi connectivity index (χ2n) is 7.60.